The van der Waals surface area contributed by atoms with E-state index in [4.69, 9.17) is 0 Å². The van der Waals surface area contributed by atoms with E-state index in [0.29, 0.717) is 6.04 Å². The normalized spacial score (nSPS) is 30.7. The third-order valence-corrected chi connectivity index (χ3v) is 4.13. The minimum Gasteiger partial charge on any atom is -0.392 e. The van der Waals surface area contributed by atoms with Crippen molar-refractivity contribution in [3.8, 4) is 0 Å². The summed E-state index contributed by atoms with van der Waals surface area (Å²) in [6.07, 6.45) is 8.05. The summed E-state index contributed by atoms with van der Waals surface area (Å²) in [4.78, 5) is 0. The molecule has 0 aliphatic heterocycles. The Bertz CT molecular complexity index is 223. The van der Waals surface area contributed by atoms with E-state index >= 15 is 0 Å². The van der Waals surface area contributed by atoms with Gasteiger partial charge in [0.2, 0.25) is 0 Å². The maximum absolute atomic E-state index is 11.0. The lowest BCUT2D eigenvalue weighted by Crippen LogP contribution is -2.44. The molecule has 0 saturated heterocycles. The highest BCUT2D eigenvalue weighted by molar-refractivity contribution is 7.84. The Hall–Kier alpha value is 0.0700. The number of rotatable bonds is 5. The van der Waals surface area contributed by atoms with Crippen LogP contribution in [0.25, 0.3) is 0 Å². The van der Waals surface area contributed by atoms with Crippen molar-refractivity contribution in [2.75, 3.05) is 12.0 Å². The highest BCUT2D eigenvalue weighted by atomic mass is 32.2. The van der Waals surface area contributed by atoms with Crippen LogP contribution in [0.5, 0.6) is 0 Å². The molecular weight excluding hydrogens is 222 g/mol. The van der Waals surface area contributed by atoms with Crippen LogP contribution in [0.1, 0.15) is 45.4 Å². The Morgan fingerprint density at radius 3 is 2.75 bits per heavy atom. The molecule has 4 unspecified atom stereocenters. The van der Waals surface area contributed by atoms with Crippen LogP contribution in [0, 0.1) is 0 Å². The molecule has 3 nitrogen and oxygen atoms in total. The maximum Gasteiger partial charge on any atom is 0.0693 e. The molecule has 4 heteroatoms. The first-order valence-corrected chi connectivity index (χ1v) is 8.06. The van der Waals surface area contributed by atoms with Crippen molar-refractivity contribution >= 4 is 10.8 Å². The van der Waals surface area contributed by atoms with E-state index in [1.807, 2.05) is 0 Å². The van der Waals surface area contributed by atoms with E-state index in [9.17, 15) is 9.32 Å². The highest BCUT2D eigenvalue weighted by Gasteiger charge is 2.22. The molecule has 96 valence electrons. The molecule has 0 aromatic carbocycles. The van der Waals surface area contributed by atoms with Gasteiger partial charge in [0.05, 0.1) is 6.10 Å². The van der Waals surface area contributed by atoms with Crippen molar-refractivity contribution in [1.29, 1.82) is 0 Å². The number of nitrogens with one attached hydrogen (secondary N) is 1. The Kier molecular flexibility index (Phi) is 6.54. The highest BCUT2D eigenvalue weighted by Crippen LogP contribution is 2.18. The number of hydrogen-bond acceptors (Lipinski definition) is 3. The topological polar surface area (TPSA) is 49.3 Å². The zero-order valence-corrected chi connectivity index (χ0v) is 11.3. The van der Waals surface area contributed by atoms with Gasteiger partial charge < -0.3 is 10.4 Å². The summed E-state index contributed by atoms with van der Waals surface area (Å²) in [6.45, 7) is 2.12. The number of aliphatic hydroxyl groups is 1. The van der Waals surface area contributed by atoms with Crippen LogP contribution in [0.2, 0.25) is 0 Å². The van der Waals surface area contributed by atoms with Crippen molar-refractivity contribution in [3.63, 3.8) is 0 Å². The van der Waals surface area contributed by atoms with Crippen LogP contribution in [-0.4, -0.2) is 39.5 Å². The Labute approximate surface area is 101 Å². The van der Waals surface area contributed by atoms with Gasteiger partial charge in [-0.25, -0.2) is 0 Å². The van der Waals surface area contributed by atoms with Crippen LogP contribution >= 0.6 is 0 Å². The summed E-state index contributed by atoms with van der Waals surface area (Å²) in [5.41, 5.74) is 0. The van der Waals surface area contributed by atoms with Crippen molar-refractivity contribution in [1.82, 2.24) is 5.32 Å². The summed E-state index contributed by atoms with van der Waals surface area (Å²) in [6, 6.07) is 0.587. The molecule has 16 heavy (non-hydrogen) atoms. The molecule has 1 aliphatic rings. The SMILES string of the molecule is CC(CCS(C)=O)NC1CCCCCC1O. The number of hydrogen-bond donors (Lipinski definition) is 2. The molecule has 1 aliphatic carbocycles. The van der Waals surface area contributed by atoms with Crippen molar-refractivity contribution < 1.29 is 9.32 Å². The molecule has 0 bridgehead atoms. The van der Waals surface area contributed by atoms with Crippen LogP contribution in [0.4, 0.5) is 0 Å². The first kappa shape index (κ1) is 14.1. The molecule has 4 atom stereocenters. The second kappa shape index (κ2) is 7.41. The van der Waals surface area contributed by atoms with Gasteiger partial charge in [-0.15, -0.1) is 0 Å². The summed E-state index contributed by atoms with van der Waals surface area (Å²) in [5.74, 6) is 0.747. The standard InChI is InChI=1S/C12H25NO2S/c1-10(8-9-16(2)15)13-11-6-4-3-5-7-12(11)14/h10-14H,3-9H2,1-2H3. The van der Waals surface area contributed by atoms with Crippen molar-refractivity contribution in [2.24, 2.45) is 0 Å². The van der Waals surface area contributed by atoms with Crippen LogP contribution in [-0.2, 0) is 10.8 Å². The van der Waals surface area contributed by atoms with E-state index in [2.05, 4.69) is 12.2 Å². The van der Waals surface area contributed by atoms with Gasteiger partial charge in [-0.1, -0.05) is 19.3 Å². The lowest BCUT2D eigenvalue weighted by molar-refractivity contribution is 0.114. The molecule has 1 rings (SSSR count). The Balaban J connectivity index is 2.30. The molecule has 0 amide bonds. The van der Waals surface area contributed by atoms with Gasteiger partial charge in [-0.3, -0.25) is 4.21 Å². The second-order valence-electron chi connectivity index (χ2n) is 4.95. The molecule has 1 fully saturated rings. The van der Waals surface area contributed by atoms with E-state index in [1.165, 1.54) is 12.8 Å². The largest absolute Gasteiger partial charge is 0.392 e. The van der Waals surface area contributed by atoms with Gasteiger partial charge in [0.1, 0.15) is 0 Å². The smallest absolute Gasteiger partial charge is 0.0693 e. The van der Waals surface area contributed by atoms with Gasteiger partial charge in [0.25, 0.3) is 0 Å². The van der Waals surface area contributed by atoms with Gasteiger partial charge in [-0.2, -0.15) is 0 Å². The maximum atomic E-state index is 11.0. The third-order valence-electron chi connectivity index (χ3n) is 3.32. The predicted molar refractivity (Wildman–Crippen MR) is 69.0 cm³/mol. The molecule has 0 aromatic heterocycles. The number of aliphatic hydroxyl groups excluding tert-OH is 1. The van der Waals surface area contributed by atoms with Crippen LogP contribution in [0.3, 0.4) is 0 Å². The molecule has 1 saturated carbocycles. The van der Waals surface area contributed by atoms with Crippen LogP contribution in [0.15, 0.2) is 0 Å². The molecule has 0 heterocycles. The minimum absolute atomic E-state index is 0.197. The lowest BCUT2D eigenvalue weighted by Gasteiger charge is -2.25. The van der Waals surface area contributed by atoms with Crippen molar-refractivity contribution in [2.45, 2.75) is 63.6 Å². The summed E-state index contributed by atoms with van der Waals surface area (Å²) >= 11 is 0. The zero-order valence-electron chi connectivity index (χ0n) is 10.4. The van der Waals surface area contributed by atoms with E-state index in [0.717, 1.165) is 31.4 Å². The molecular formula is C12H25NO2S. The quantitative estimate of drug-likeness (QED) is 0.723. The monoisotopic (exact) mass is 247 g/mol. The van der Waals surface area contributed by atoms with E-state index in [-0.39, 0.29) is 12.1 Å². The molecule has 0 radical (unpaired) electrons. The summed E-state index contributed by atoms with van der Waals surface area (Å²) in [5, 5.41) is 13.4. The Morgan fingerprint density at radius 1 is 1.38 bits per heavy atom. The van der Waals surface area contributed by atoms with Crippen molar-refractivity contribution in [3.05, 3.63) is 0 Å². The first-order chi connectivity index (χ1) is 7.59. The lowest BCUT2D eigenvalue weighted by atomic mass is 10.0. The first-order valence-electron chi connectivity index (χ1n) is 6.33. The summed E-state index contributed by atoms with van der Waals surface area (Å²) in [7, 11) is -0.707. The fourth-order valence-corrected chi connectivity index (χ4v) is 2.96. The Morgan fingerprint density at radius 2 is 2.06 bits per heavy atom. The zero-order chi connectivity index (χ0) is 12.0. The molecule has 2 N–H and O–H groups in total. The fourth-order valence-electron chi connectivity index (χ4n) is 2.27. The van der Waals surface area contributed by atoms with Gasteiger partial charge in [0, 0.05) is 34.9 Å². The average Bonchev–Trinajstić information content (AvgIpc) is 2.42. The third kappa shape index (κ3) is 5.41. The average molecular weight is 247 g/mol. The van der Waals surface area contributed by atoms with Gasteiger partial charge in [-0.05, 0) is 26.2 Å². The summed E-state index contributed by atoms with van der Waals surface area (Å²) < 4.78 is 11.0. The van der Waals surface area contributed by atoms with Gasteiger partial charge in [0.15, 0.2) is 0 Å². The van der Waals surface area contributed by atoms with Crippen LogP contribution < -0.4 is 5.32 Å². The van der Waals surface area contributed by atoms with E-state index in [1.54, 1.807) is 6.26 Å². The van der Waals surface area contributed by atoms with Gasteiger partial charge >= 0.3 is 0 Å². The molecule has 0 aromatic rings. The fraction of sp³-hybridized carbons (Fsp3) is 1.00. The molecule has 0 spiro atoms. The van der Waals surface area contributed by atoms with E-state index < -0.39 is 10.8 Å². The second-order valence-corrected chi connectivity index (χ2v) is 6.50. The minimum atomic E-state index is -0.707. The predicted octanol–water partition coefficient (Wildman–Crippen LogP) is 1.43.